The van der Waals surface area contributed by atoms with Gasteiger partial charge in [-0.1, -0.05) is 18.2 Å². The number of Topliss-reactive ketones (excluding diaryl/α,β-unsaturated/α-hetero) is 1. The van der Waals surface area contributed by atoms with Crippen LogP contribution < -0.4 is 5.32 Å². The highest BCUT2D eigenvalue weighted by molar-refractivity contribution is 8.00. The summed E-state index contributed by atoms with van der Waals surface area (Å²) in [6.45, 7) is 1.09. The first-order valence-electron chi connectivity index (χ1n) is 8.26. The molecule has 2 saturated carbocycles. The van der Waals surface area contributed by atoms with Crippen molar-refractivity contribution in [3.05, 3.63) is 30.3 Å². The fraction of sp³-hybridized carbons (Fsp3) is 0.611. The van der Waals surface area contributed by atoms with Gasteiger partial charge in [0.2, 0.25) is 0 Å². The minimum Gasteiger partial charge on any atom is -0.309 e. The third-order valence-electron chi connectivity index (χ3n) is 5.75. The molecule has 1 saturated heterocycles. The van der Waals surface area contributed by atoms with Gasteiger partial charge in [0, 0.05) is 28.5 Å². The first-order chi connectivity index (χ1) is 10.3. The lowest BCUT2D eigenvalue weighted by atomic mass is 9.56. The molecule has 3 heteroatoms. The standard InChI is InChI=1S/C18H23NOS/c20-14-11-13-8-9-17(21-15-5-2-1-3-6-15)18(12-14)16(13)7-4-10-19-18/h1-3,5-6,13,16-17,19H,4,7-12H2. The van der Waals surface area contributed by atoms with Gasteiger partial charge >= 0.3 is 0 Å². The van der Waals surface area contributed by atoms with E-state index >= 15 is 0 Å². The van der Waals surface area contributed by atoms with Gasteiger partial charge in [-0.15, -0.1) is 11.8 Å². The Labute approximate surface area is 131 Å². The van der Waals surface area contributed by atoms with Crippen molar-refractivity contribution < 1.29 is 4.79 Å². The summed E-state index contributed by atoms with van der Waals surface area (Å²) in [4.78, 5) is 13.6. The van der Waals surface area contributed by atoms with E-state index in [0.29, 0.717) is 17.0 Å². The van der Waals surface area contributed by atoms with Gasteiger partial charge in [-0.3, -0.25) is 4.79 Å². The van der Waals surface area contributed by atoms with Crippen LogP contribution >= 0.6 is 11.8 Å². The largest absolute Gasteiger partial charge is 0.309 e. The molecule has 2 bridgehead atoms. The fourth-order valence-electron chi connectivity index (χ4n) is 4.93. The summed E-state index contributed by atoms with van der Waals surface area (Å²) in [5.74, 6) is 1.86. The molecule has 3 aliphatic rings. The van der Waals surface area contributed by atoms with Crippen LogP contribution in [0.5, 0.6) is 0 Å². The lowest BCUT2D eigenvalue weighted by molar-refractivity contribution is -0.129. The molecule has 1 N–H and O–H groups in total. The van der Waals surface area contributed by atoms with Crippen molar-refractivity contribution in [2.24, 2.45) is 11.8 Å². The SMILES string of the molecule is O=C1CC2CCC(Sc3ccccc3)C3(C1)NCCCC23. The number of hydrogen-bond donors (Lipinski definition) is 1. The Balaban J connectivity index is 1.65. The Morgan fingerprint density at radius 3 is 2.86 bits per heavy atom. The summed E-state index contributed by atoms with van der Waals surface area (Å²) in [5.41, 5.74) is 0.0804. The predicted octanol–water partition coefficient (Wildman–Crippen LogP) is 3.66. The van der Waals surface area contributed by atoms with Gasteiger partial charge in [0.15, 0.2) is 0 Å². The number of nitrogens with one attached hydrogen (secondary N) is 1. The summed E-state index contributed by atoms with van der Waals surface area (Å²) in [5, 5.41) is 4.37. The summed E-state index contributed by atoms with van der Waals surface area (Å²) in [6, 6.07) is 10.7. The minimum absolute atomic E-state index is 0.0804. The smallest absolute Gasteiger partial charge is 0.135 e. The topological polar surface area (TPSA) is 29.1 Å². The second-order valence-electron chi connectivity index (χ2n) is 6.89. The molecule has 3 fully saturated rings. The van der Waals surface area contributed by atoms with Gasteiger partial charge in [0.05, 0.1) is 0 Å². The van der Waals surface area contributed by atoms with Crippen molar-refractivity contribution >= 4 is 17.5 Å². The number of benzene rings is 1. The van der Waals surface area contributed by atoms with Crippen LogP contribution in [0.2, 0.25) is 0 Å². The highest BCUT2D eigenvalue weighted by atomic mass is 32.2. The van der Waals surface area contributed by atoms with E-state index in [1.54, 1.807) is 0 Å². The molecular formula is C18H23NOS. The van der Waals surface area contributed by atoms with E-state index in [1.807, 2.05) is 11.8 Å². The van der Waals surface area contributed by atoms with Crippen LogP contribution in [0.1, 0.15) is 38.5 Å². The zero-order valence-corrected chi connectivity index (χ0v) is 13.2. The number of hydrogen-bond acceptors (Lipinski definition) is 3. The average Bonchev–Trinajstić information content (AvgIpc) is 2.51. The third kappa shape index (κ3) is 2.35. The molecule has 1 aromatic rings. The molecule has 21 heavy (non-hydrogen) atoms. The molecule has 4 atom stereocenters. The molecule has 1 heterocycles. The Morgan fingerprint density at radius 1 is 1.14 bits per heavy atom. The summed E-state index contributed by atoms with van der Waals surface area (Å²) >= 11 is 2.00. The zero-order chi connectivity index (χ0) is 14.3. The average molecular weight is 301 g/mol. The molecule has 0 aromatic heterocycles. The summed E-state index contributed by atoms with van der Waals surface area (Å²) < 4.78 is 0. The van der Waals surface area contributed by atoms with Crippen molar-refractivity contribution in [1.29, 1.82) is 0 Å². The molecule has 1 aromatic carbocycles. The number of carbonyl (C=O) groups is 1. The quantitative estimate of drug-likeness (QED) is 0.904. The predicted molar refractivity (Wildman–Crippen MR) is 86.5 cm³/mol. The number of piperidine rings is 1. The van der Waals surface area contributed by atoms with Gasteiger partial charge < -0.3 is 5.32 Å². The fourth-order valence-corrected chi connectivity index (χ4v) is 6.38. The van der Waals surface area contributed by atoms with Crippen LogP contribution in [0.15, 0.2) is 35.2 Å². The van der Waals surface area contributed by atoms with Crippen molar-refractivity contribution in [3.8, 4) is 0 Å². The molecule has 112 valence electrons. The highest BCUT2D eigenvalue weighted by Gasteiger charge is 2.56. The maximum absolute atomic E-state index is 12.3. The van der Waals surface area contributed by atoms with Gasteiger partial charge in [0.25, 0.3) is 0 Å². The van der Waals surface area contributed by atoms with Gasteiger partial charge in [-0.25, -0.2) is 0 Å². The van der Waals surface area contributed by atoms with Crippen LogP contribution in [0.3, 0.4) is 0 Å². The number of carbonyl (C=O) groups excluding carboxylic acids is 1. The Bertz CT molecular complexity index is 531. The number of thioether (sulfide) groups is 1. The van der Waals surface area contributed by atoms with Crippen LogP contribution in [0, 0.1) is 11.8 Å². The molecule has 0 amide bonds. The van der Waals surface area contributed by atoms with E-state index in [2.05, 4.69) is 35.6 Å². The molecule has 0 radical (unpaired) electrons. The molecule has 0 spiro atoms. The normalized spacial score (nSPS) is 38.9. The first kappa shape index (κ1) is 13.8. The molecular weight excluding hydrogens is 278 g/mol. The Morgan fingerprint density at radius 2 is 2.00 bits per heavy atom. The lowest BCUT2D eigenvalue weighted by Gasteiger charge is -2.58. The van der Waals surface area contributed by atoms with Crippen molar-refractivity contribution in [1.82, 2.24) is 5.32 Å². The minimum atomic E-state index is 0.0804. The first-order valence-corrected chi connectivity index (χ1v) is 9.14. The Kier molecular flexibility index (Phi) is 3.58. The monoisotopic (exact) mass is 301 g/mol. The molecule has 4 rings (SSSR count). The third-order valence-corrected chi connectivity index (χ3v) is 7.24. The van der Waals surface area contributed by atoms with Gasteiger partial charge in [0.1, 0.15) is 5.78 Å². The van der Waals surface area contributed by atoms with E-state index in [1.165, 1.54) is 30.6 Å². The van der Waals surface area contributed by atoms with E-state index in [4.69, 9.17) is 0 Å². The van der Waals surface area contributed by atoms with Crippen LogP contribution in [0.25, 0.3) is 0 Å². The summed E-state index contributed by atoms with van der Waals surface area (Å²) in [7, 11) is 0. The van der Waals surface area contributed by atoms with Gasteiger partial charge in [-0.05, 0) is 56.2 Å². The molecule has 1 aliphatic heterocycles. The van der Waals surface area contributed by atoms with Crippen LogP contribution in [0.4, 0.5) is 0 Å². The second-order valence-corrected chi connectivity index (χ2v) is 8.17. The van der Waals surface area contributed by atoms with Crippen molar-refractivity contribution in [2.45, 2.75) is 54.2 Å². The maximum Gasteiger partial charge on any atom is 0.135 e. The lowest BCUT2D eigenvalue weighted by Crippen LogP contribution is -2.67. The molecule has 2 nitrogen and oxygen atoms in total. The van der Waals surface area contributed by atoms with Gasteiger partial charge in [-0.2, -0.15) is 0 Å². The Hall–Kier alpha value is -0.800. The van der Waals surface area contributed by atoms with E-state index < -0.39 is 0 Å². The van der Waals surface area contributed by atoms with Crippen LogP contribution in [-0.4, -0.2) is 23.1 Å². The molecule has 4 unspecified atom stereocenters. The van der Waals surface area contributed by atoms with E-state index in [-0.39, 0.29) is 5.54 Å². The van der Waals surface area contributed by atoms with Crippen molar-refractivity contribution in [2.75, 3.05) is 6.54 Å². The molecule has 2 aliphatic carbocycles. The zero-order valence-electron chi connectivity index (χ0n) is 12.4. The number of rotatable bonds is 2. The van der Waals surface area contributed by atoms with Crippen LogP contribution in [-0.2, 0) is 4.79 Å². The highest BCUT2D eigenvalue weighted by Crippen LogP contribution is 2.54. The maximum atomic E-state index is 12.3. The van der Waals surface area contributed by atoms with Crippen molar-refractivity contribution in [3.63, 3.8) is 0 Å². The summed E-state index contributed by atoms with van der Waals surface area (Å²) in [6.07, 6.45) is 6.69. The second kappa shape index (κ2) is 5.44. The van der Waals surface area contributed by atoms with E-state index in [0.717, 1.165) is 25.3 Å². The van der Waals surface area contributed by atoms with E-state index in [9.17, 15) is 4.79 Å². The number of ketones is 1.